The van der Waals surface area contributed by atoms with Crippen LogP contribution in [0.25, 0.3) is 0 Å². The Morgan fingerprint density at radius 1 is 1.60 bits per heavy atom. The third kappa shape index (κ3) is 1.35. The summed E-state index contributed by atoms with van der Waals surface area (Å²) < 4.78 is 0. The summed E-state index contributed by atoms with van der Waals surface area (Å²) in [7, 11) is 0. The van der Waals surface area contributed by atoms with Crippen LogP contribution >= 0.6 is 0 Å². The number of nitrogens with zero attached hydrogens (tertiary/aromatic N) is 2. The highest BCUT2D eigenvalue weighted by Crippen LogP contribution is 2.46. The van der Waals surface area contributed by atoms with E-state index in [0.29, 0.717) is 12.2 Å². The van der Waals surface area contributed by atoms with Gasteiger partial charge in [0, 0.05) is 5.56 Å². The van der Waals surface area contributed by atoms with Gasteiger partial charge in [0.2, 0.25) is 5.91 Å². The molecule has 1 atom stereocenters. The molecular formula is C10H14N4O. The van der Waals surface area contributed by atoms with E-state index < -0.39 is 0 Å². The van der Waals surface area contributed by atoms with E-state index in [2.05, 4.69) is 10.2 Å². The third-order valence-electron chi connectivity index (χ3n) is 3.02. The van der Waals surface area contributed by atoms with Crippen molar-refractivity contribution in [1.82, 2.24) is 10.2 Å². The van der Waals surface area contributed by atoms with Crippen molar-refractivity contribution in [3.8, 4) is 0 Å². The molecule has 15 heavy (non-hydrogen) atoms. The van der Waals surface area contributed by atoms with Crippen LogP contribution in [0.5, 0.6) is 0 Å². The Labute approximate surface area is 87.9 Å². The largest absolute Gasteiger partial charge is 0.382 e. The predicted molar refractivity (Wildman–Crippen MR) is 56.0 cm³/mol. The Balaban J connectivity index is 2.63. The fourth-order valence-electron chi connectivity index (χ4n) is 2.39. The number of hydrogen-bond donors (Lipinski definition) is 2. The molecule has 0 aromatic carbocycles. The molecule has 0 fully saturated rings. The molecule has 0 saturated carbocycles. The zero-order chi connectivity index (χ0) is 11.2. The van der Waals surface area contributed by atoms with Crippen molar-refractivity contribution in [2.24, 2.45) is 5.73 Å². The molecule has 1 aliphatic carbocycles. The van der Waals surface area contributed by atoms with E-state index in [-0.39, 0.29) is 17.2 Å². The van der Waals surface area contributed by atoms with Crippen LogP contribution in [-0.2, 0) is 10.2 Å². The number of nitrogens with two attached hydrogens (primary N) is 2. The summed E-state index contributed by atoms with van der Waals surface area (Å²) in [5.41, 5.74) is 12.7. The number of carbonyl (C=O) groups excluding carboxylic acids is 1. The summed E-state index contributed by atoms with van der Waals surface area (Å²) in [5.74, 6) is -0.205. The molecule has 1 unspecified atom stereocenters. The first-order valence-corrected chi connectivity index (χ1v) is 4.84. The molecule has 0 bridgehead atoms. The van der Waals surface area contributed by atoms with Crippen molar-refractivity contribution in [1.29, 1.82) is 0 Å². The summed E-state index contributed by atoms with van der Waals surface area (Å²) in [6.07, 6.45) is 2.27. The van der Waals surface area contributed by atoms with Crippen molar-refractivity contribution < 1.29 is 4.79 Å². The number of anilines is 1. The van der Waals surface area contributed by atoms with E-state index in [1.54, 1.807) is 6.20 Å². The number of hydrogen-bond acceptors (Lipinski definition) is 4. The minimum atomic E-state index is -0.325. The van der Waals surface area contributed by atoms with Gasteiger partial charge in [-0.1, -0.05) is 13.8 Å². The van der Waals surface area contributed by atoms with Crippen LogP contribution in [0.2, 0.25) is 0 Å². The maximum Gasteiger partial charge on any atom is 0.225 e. The van der Waals surface area contributed by atoms with Crippen LogP contribution in [0.3, 0.4) is 0 Å². The van der Waals surface area contributed by atoms with E-state index in [0.717, 1.165) is 11.1 Å². The molecule has 2 rings (SSSR count). The smallest absolute Gasteiger partial charge is 0.225 e. The SMILES string of the molecule is CC1(C)CC(C(N)=O)c2cnnc(N)c21. The second kappa shape index (κ2) is 2.92. The quantitative estimate of drug-likeness (QED) is 0.691. The summed E-state index contributed by atoms with van der Waals surface area (Å²) in [6, 6.07) is 0. The van der Waals surface area contributed by atoms with Gasteiger partial charge >= 0.3 is 0 Å². The molecule has 1 amide bonds. The van der Waals surface area contributed by atoms with Crippen LogP contribution in [-0.4, -0.2) is 16.1 Å². The highest BCUT2D eigenvalue weighted by molar-refractivity contribution is 5.84. The standard InChI is InChI=1S/C10H14N4O/c1-10(2)3-5(9(12)15)6-4-13-14-8(11)7(6)10/h4-5H,3H2,1-2H3,(H2,11,14)(H2,12,15). The van der Waals surface area contributed by atoms with Gasteiger partial charge in [-0.15, -0.1) is 5.10 Å². The topological polar surface area (TPSA) is 94.9 Å². The molecular weight excluding hydrogens is 192 g/mol. The first-order chi connectivity index (χ1) is 6.93. The zero-order valence-electron chi connectivity index (χ0n) is 8.82. The maximum absolute atomic E-state index is 11.3. The van der Waals surface area contributed by atoms with Gasteiger partial charge in [0.25, 0.3) is 0 Å². The number of amides is 1. The normalized spacial score (nSPS) is 22.4. The molecule has 0 spiro atoms. The Morgan fingerprint density at radius 2 is 2.27 bits per heavy atom. The van der Waals surface area contributed by atoms with Gasteiger partial charge < -0.3 is 11.5 Å². The number of carbonyl (C=O) groups is 1. The molecule has 1 aromatic rings. The Kier molecular flexibility index (Phi) is 1.92. The fourth-order valence-corrected chi connectivity index (χ4v) is 2.39. The van der Waals surface area contributed by atoms with Crippen molar-refractivity contribution in [2.45, 2.75) is 31.6 Å². The number of primary amides is 1. The lowest BCUT2D eigenvalue weighted by atomic mass is 9.86. The Morgan fingerprint density at radius 3 is 2.87 bits per heavy atom. The zero-order valence-corrected chi connectivity index (χ0v) is 8.82. The lowest BCUT2D eigenvalue weighted by Gasteiger charge is -2.19. The predicted octanol–water partition coefficient (Wildman–Crippen LogP) is 0.309. The average Bonchev–Trinajstić information content (AvgIpc) is 2.39. The number of rotatable bonds is 1. The molecule has 1 heterocycles. The van der Waals surface area contributed by atoms with Crippen LogP contribution in [0.4, 0.5) is 5.82 Å². The highest BCUT2D eigenvalue weighted by Gasteiger charge is 2.41. The van der Waals surface area contributed by atoms with Crippen LogP contribution in [0.1, 0.15) is 37.3 Å². The summed E-state index contributed by atoms with van der Waals surface area (Å²) in [6.45, 7) is 4.07. The number of fused-ring (bicyclic) bond motifs is 1. The molecule has 0 aliphatic heterocycles. The van der Waals surface area contributed by atoms with Crippen molar-refractivity contribution in [3.63, 3.8) is 0 Å². The van der Waals surface area contributed by atoms with E-state index >= 15 is 0 Å². The van der Waals surface area contributed by atoms with Gasteiger partial charge in [-0.3, -0.25) is 4.79 Å². The molecule has 1 aliphatic rings. The summed E-state index contributed by atoms with van der Waals surface area (Å²) in [4.78, 5) is 11.3. The molecule has 4 N–H and O–H groups in total. The molecule has 0 saturated heterocycles. The maximum atomic E-state index is 11.3. The molecule has 1 aromatic heterocycles. The van der Waals surface area contributed by atoms with Gasteiger partial charge in [0.1, 0.15) is 5.82 Å². The van der Waals surface area contributed by atoms with Crippen LogP contribution < -0.4 is 11.5 Å². The number of nitrogen functional groups attached to an aromatic ring is 1. The fraction of sp³-hybridized carbons (Fsp3) is 0.500. The lowest BCUT2D eigenvalue weighted by molar-refractivity contribution is -0.119. The molecule has 80 valence electrons. The monoisotopic (exact) mass is 206 g/mol. The van der Waals surface area contributed by atoms with Gasteiger partial charge in [0.05, 0.1) is 12.1 Å². The van der Waals surface area contributed by atoms with Crippen molar-refractivity contribution in [2.75, 3.05) is 5.73 Å². The number of aromatic nitrogens is 2. The first-order valence-electron chi connectivity index (χ1n) is 4.84. The minimum Gasteiger partial charge on any atom is -0.382 e. The summed E-state index contributed by atoms with van der Waals surface area (Å²) in [5, 5.41) is 7.59. The third-order valence-corrected chi connectivity index (χ3v) is 3.02. The van der Waals surface area contributed by atoms with E-state index in [1.165, 1.54) is 0 Å². The molecule has 5 heteroatoms. The van der Waals surface area contributed by atoms with Crippen molar-refractivity contribution >= 4 is 11.7 Å². The van der Waals surface area contributed by atoms with Gasteiger partial charge in [-0.25, -0.2) is 0 Å². The summed E-state index contributed by atoms with van der Waals surface area (Å²) >= 11 is 0. The second-order valence-electron chi connectivity index (χ2n) is 4.60. The average molecular weight is 206 g/mol. The second-order valence-corrected chi connectivity index (χ2v) is 4.60. The minimum absolute atomic E-state index is 0.158. The Hall–Kier alpha value is -1.65. The first kappa shape index (κ1) is 9.89. The molecule has 5 nitrogen and oxygen atoms in total. The molecule has 0 radical (unpaired) electrons. The lowest BCUT2D eigenvalue weighted by Crippen LogP contribution is -2.21. The van der Waals surface area contributed by atoms with Gasteiger partial charge in [-0.05, 0) is 17.4 Å². The van der Waals surface area contributed by atoms with Crippen LogP contribution in [0.15, 0.2) is 6.20 Å². The van der Waals surface area contributed by atoms with Gasteiger partial charge in [-0.2, -0.15) is 5.10 Å². The van der Waals surface area contributed by atoms with E-state index in [4.69, 9.17) is 11.5 Å². The van der Waals surface area contributed by atoms with E-state index in [1.807, 2.05) is 13.8 Å². The Bertz CT molecular complexity index is 427. The van der Waals surface area contributed by atoms with Crippen LogP contribution in [0, 0.1) is 0 Å². The van der Waals surface area contributed by atoms with E-state index in [9.17, 15) is 4.79 Å². The highest BCUT2D eigenvalue weighted by atomic mass is 16.1. The van der Waals surface area contributed by atoms with Gasteiger partial charge in [0.15, 0.2) is 0 Å². The van der Waals surface area contributed by atoms with Crippen molar-refractivity contribution in [3.05, 3.63) is 17.3 Å².